The average Bonchev–Trinajstić information content (AvgIpc) is 3.30. The summed E-state index contributed by atoms with van der Waals surface area (Å²) in [6.45, 7) is 5.70. The third-order valence-electron chi connectivity index (χ3n) is 5.09. The van der Waals surface area contributed by atoms with Crippen LogP contribution in [0.15, 0.2) is 18.2 Å². The first-order chi connectivity index (χ1) is 13.0. The van der Waals surface area contributed by atoms with Crippen LogP contribution in [0.3, 0.4) is 0 Å². The molecule has 2 aromatic rings. The molecule has 1 saturated heterocycles. The van der Waals surface area contributed by atoms with Crippen molar-refractivity contribution in [2.24, 2.45) is 0 Å². The topological polar surface area (TPSA) is 71.5 Å². The lowest BCUT2D eigenvalue weighted by Gasteiger charge is -2.29. The molecule has 0 bridgehead atoms. The van der Waals surface area contributed by atoms with Crippen molar-refractivity contribution < 1.29 is 14.3 Å². The van der Waals surface area contributed by atoms with E-state index in [1.165, 1.54) is 16.9 Å². The first-order valence-electron chi connectivity index (χ1n) is 9.29. The smallest absolute Gasteiger partial charge is 0.266 e. The minimum absolute atomic E-state index is 0.0394. The number of hydrogen-bond acceptors (Lipinski definition) is 5. The van der Waals surface area contributed by atoms with Gasteiger partial charge in [-0.1, -0.05) is 6.07 Å². The fourth-order valence-corrected chi connectivity index (χ4v) is 4.58. The second-order valence-corrected chi connectivity index (χ2v) is 8.30. The molecule has 0 saturated carbocycles. The molecule has 3 heterocycles. The van der Waals surface area contributed by atoms with Gasteiger partial charge in [-0.25, -0.2) is 4.98 Å². The SMILES string of the molecule is Cc1nc(C)c(C(=O)N2CCc3ccc(NC(=O)C4CCCO4)cc3C2)s1. The number of anilines is 1. The van der Waals surface area contributed by atoms with Crippen LogP contribution in [0.4, 0.5) is 5.69 Å². The Labute approximate surface area is 162 Å². The molecule has 0 spiro atoms. The second kappa shape index (κ2) is 7.40. The van der Waals surface area contributed by atoms with Gasteiger partial charge in [0.05, 0.1) is 10.7 Å². The summed E-state index contributed by atoms with van der Waals surface area (Å²) in [6.07, 6.45) is 2.16. The van der Waals surface area contributed by atoms with Crippen molar-refractivity contribution in [2.75, 3.05) is 18.5 Å². The monoisotopic (exact) mass is 385 g/mol. The van der Waals surface area contributed by atoms with Crippen LogP contribution in [-0.2, 0) is 22.5 Å². The van der Waals surface area contributed by atoms with Crippen molar-refractivity contribution in [1.82, 2.24) is 9.88 Å². The van der Waals surface area contributed by atoms with E-state index in [0.717, 1.165) is 46.1 Å². The average molecular weight is 385 g/mol. The highest BCUT2D eigenvalue weighted by molar-refractivity contribution is 7.13. The Bertz CT molecular complexity index is 887. The molecule has 1 aromatic heterocycles. The van der Waals surface area contributed by atoms with Crippen molar-refractivity contribution in [2.45, 2.75) is 45.8 Å². The van der Waals surface area contributed by atoms with E-state index in [9.17, 15) is 9.59 Å². The van der Waals surface area contributed by atoms with Gasteiger partial charge in [-0.3, -0.25) is 9.59 Å². The molecule has 1 unspecified atom stereocenters. The fraction of sp³-hybridized carbons (Fsp3) is 0.450. The lowest BCUT2D eigenvalue weighted by Crippen LogP contribution is -2.36. The summed E-state index contributed by atoms with van der Waals surface area (Å²) in [5.74, 6) is -0.0514. The largest absolute Gasteiger partial charge is 0.368 e. The van der Waals surface area contributed by atoms with Crippen LogP contribution >= 0.6 is 11.3 Å². The van der Waals surface area contributed by atoms with Crippen molar-refractivity contribution >= 4 is 28.8 Å². The molecule has 2 amide bonds. The number of amides is 2. The van der Waals surface area contributed by atoms with E-state index in [2.05, 4.69) is 10.3 Å². The van der Waals surface area contributed by atoms with Crippen LogP contribution in [0.1, 0.15) is 44.3 Å². The number of carbonyl (C=O) groups excluding carboxylic acids is 2. The summed E-state index contributed by atoms with van der Waals surface area (Å²) < 4.78 is 5.44. The van der Waals surface area contributed by atoms with Crippen molar-refractivity contribution in [3.8, 4) is 0 Å². The Balaban J connectivity index is 1.49. The first-order valence-corrected chi connectivity index (χ1v) is 10.1. The van der Waals surface area contributed by atoms with E-state index in [1.807, 2.05) is 36.9 Å². The Hall–Kier alpha value is -2.25. The normalized spacial score (nSPS) is 19.0. The standard InChI is InChI=1S/C20H23N3O3S/c1-12-18(27-13(2)21-12)20(25)23-8-7-14-5-6-16(10-15(14)11-23)22-19(24)17-4-3-9-26-17/h5-6,10,17H,3-4,7-9,11H2,1-2H3,(H,22,24). The third-order valence-corrected chi connectivity index (χ3v) is 6.15. The zero-order valence-corrected chi connectivity index (χ0v) is 16.4. The predicted octanol–water partition coefficient (Wildman–Crippen LogP) is 3.08. The molecule has 2 aliphatic rings. The van der Waals surface area contributed by atoms with Gasteiger partial charge in [-0.05, 0) is 56.4 Å². The summed E-state index contributed by atoms with van der Waals surface area (Å²) in [4.78, 5) is 32.1. The van der Waals surface area contributed by atoms with E-state index >= 15 is 0 Å². The van der Waals surface area contributed by atoms with Crippen LogP contribution in [0.5, 0.6) is 0 Å². The highest BCUT2D eigenvalue weighted by Crippen LogP contribution is 2.26. The number of benzene rings is 1. The summed E-state index contributed by atoms with van der Waals surface area (Å²) in [5, 5.41) is 3.86. The minimum atomic E-state index is -0.350. The van der Waals surface area contributed by atoms with Gasteiger partial charge in [-0.2, -0.15) is 0 Å². The number of aryl methyl sites for hydroxylation is 2. The molecule has 6 nitrogen and oxygen atoms in total. The Morgan fingerprint density at radius 2 is 2.15 bits per heavy atom. The van der Waals surface area contributed by atoms with Gasteiger partial charge in [0.25, 0.3) is 11.8 Å². The second-order valence-electron chi connectivity index (χ2n) is 7.10. The molecule has 1 fully saturated rings. The van der Waals surface area contributed by atoms with Crippen LogP contribution < -0.4 is 5.32 Å². The third kappa shape index (κ3) is 3.75. The lowest BCUT2D eigenvalue weighted by atomic mass is 9.98. The zero-order chi connectivity index (χ0) is 19.0. The number of carbonyl (C=O) groups is 2. The molecule has 1 N–H and O–H groups in total. The predicted molar refractivity (Wildman–Crippen MR) is 104 cm³/mol. The van der Waals surface area contributed by atoms with Crippen molar-refractivity contribution in [3.63, 3.8) is 0 Å². The van der Waals surface area contributed by atoms with Gasteiger partial charge in [-0.15, -0.1) is 11.3 Å². The maximum Gasteiger partial charge on any atom is 0.266 e. The summed E-state index contributed by atoms with van der Waals surface area (Å²) in [6, 6.07) is 5.95. The molecule has 0 radical (unpaired) electrons. The van der Waals surface area contributed by atoms with Crippen LogP contribution in [0, 0.1) is 13.8 Å². The van der Waals surface area contributed by atoms with E-state index in [0.29, 0.717) is 19.7 Å². The van der Waals surface area contributed by atoms with Gasteiger partial charge in [0, 0.05) is 25.4 Å². The molecule has 0 aliphatic carbocycles. The number of ether oxygens (including phenoxy) is 1. The Kier molecular flexibility index (Phi) is 4.97. The maximum atomic E-state index is 12.9. The van der Waals surface area contributed by atoms with Gasteiger partial charge in [0.2, 0.25) is 0 Å². The quantitative estimate of drug-likeness (QED) is 0.881. The lowest BCUT2D eigenvalue weighted by molar-refractivity contribution is -0.124. The fourth-order valence-electron chi connectivity index (χ4n) is 3.69. The molecule has 7 heteroatoms. The molecule has 4 rings (SSSR count). The number of nitrogens with zero attached hydrogens (tertiary/aromatic N) is 2. The van der Waals surface area contributed by atoms with Gasteiger partial charge < -0.3 is 15.0 Å². The van der Waals surface area contributed by atoms with Crippen molar-refractivity contribution in [3.05, 3.63) is 44.9 Å². The van der Waals surface area contributed by atoms with Crippen LogP contribution in [0.25, 0.3) is 0 Å². The summed E-state index contributed by atoms with van der Waals surface area (Å²) >= 11 is 1.45. The highest BCUT2D eigenvalue weighted by atomic mass is 32.1. The Morgan fingerprint density at radius 3 is 2.85 bits per heavy atom. The molecular formula is C20H23N3O3S. The number of fused-ring (bicyclic) bond motifs is 1. The highest BCUT2D eigenvalue weighted by Gasteiger charge is 2.26. The van der Waals surface area contributed by atoms with Crippen LogP contribution in [0.2, 0.25) is 0 Å². The van der Waals surface area contributed by atoms with E-state index in [-0.39, 0.29) is 17.9 Å². The van der Waals surface area contributed by atoms with E-state index in [1.54, 1.807) is 0 Å². The number of rotatable bonds is 3. The maximum absolute atomic E-state index is 12.9. The molecule has 1 aromatic carbocycles. The van der Waals surface area contributed by atoms with Crippen LogP contribution in [-0.4, -0.2) is 41.0 Å². The van der Waals surface area contributed by atoms with E-state index in [4.69, 9.17) is 4.74 Å². The first kappa shape index (κ1) is 18.1. The molecule has 142 valence electrons. The summed E-state index contributed by atoms with van der Waals surface area (Å²) in [7, 11) is 0. The molecule has 1 atom stereocenters. The molecule has 2 aliphatic heterocycles. The number of nitrogens with one attached hydrogen (secondary N) is 1. The summed E-state index contributed by atoms with van der Waals surface area (Å²) in [5.41, 5.74) is 3.87. The number of hydrogen-bond donors (Lipinski definition) is 1. The van der Waals surface area contributed by atoms with E-state index < -0.39 is 0 Å². The van der Waals surface area contributed by atoms with Gasteiger partial charge in [0.1, 0.15) is 11.0 Å². The van der Waals surface area contributed by atoms with Crippen molar-refractivity contribution in [1.29, 1.82) is 0 Å². The Morgan fingerprint density at radius 1 is 1.30 bits per heavy atom. The molecular weight excluding hydrogens is 362 g/mol. The number of aromatic nitrogens is 1. The molecule has 27 heavy (non-hydrogen) atoms. The van der Waals surface area contributed by atoms with Gasteiger partial charge >= 0.3 is 0 Å². The zero-order valence-electron chi connectivity index (χ0n) is 15.6. The number of thiazole rings is 1. The van der Waals surface area contributed by atoms with Gasteiger partial charge in [0.15, 0.2) is 0 Å². The minimum Gasteiger partial charge on any atom is -0.368 e.